The summed E-state index contributed by atoms with van der Waals surface area (Å²) in [5, 5.41) is 0. The van der Waals surface area contributed by atoms with Crippen molar-refractivity contribution in [2.45, 2.75) is 13.8 Å². The van der Waals surface area contributed by atoms with Gasteiger partial charge in [0.1, 0.15) is 0 Å². The molecule has 0 aliphatic rings. The van der Waals surface area contributed by atoms with E-state index in [-0.39, 0.29) is 5.91 Å². The lowest BCUT2D eigenvalue weighted by Gasteiger charge is -2.20. The van der Waals surface area contributed by atoms with Crippen molar-refractivity contribution >= 4 is 11.6 Å². The maximum Gasteiger partial charge on any atom is 0.254 e. The molecule has 3 heteroatoms. The van der Waals surface area contributed by atoms with E-state index in [9.17, 15) is 4.79 Å². The van der Waals surface area contributed by atoms with Crippen molar-refractivity contribution in [2.75, 3.05) is 32.1 Å². The first kappa shape index (κ1) is 16.1. The lowest BCUT2D eigenvalue weighted by atomic mass is 9.98. The molecule has 0 aromatic heterocycles. The molecule has 1 amide bonds. The number of nitrogens with zero attached hydrogens (tertiary/aromatic N) is 2. The van der Waals surface area contributed by atoms with Crippen LogP contribution >= 0.6 is 0 Å². The fourth-order valence-corrected chi connectivity index (χ4v) is 2.54. The zero-order valence-corrected chi connectivity index (χ0v) is 13.8. The summed E-state index contributed by atoms with van der Waals surface area (Å²) < 4.78 is 0. The lowest BCUT2D eigenvalue weighted by molar-refractivity contribution is 0.0774. The van der Waals surface area contributed by atoms with Gasteiger partial charge in [0.05, 0.1) is 0 Å². The number of amides is 1. The molecule has 0 radical (unpaired) electrons. The molecule has 0 spiro atoms. The topological polar surface area (TPSA) is 23.6 Å². The minimum absolute atomic E-state index is 0.0947. The second kappa shape index (κ2) is 7.12. The molecule has 0 saturated carbocycles. The van der Waals surface area contributed by atoms with E-state index in [1.807, 2.05) is 57.1 Å². The number of rotatable bonds is 5. The van der Waals surface area contributed by atoms with Crippen LogP contribution in [-0.2, 0) is 0 Å². The third-order valence-electron chi connectivity index (χ3n) is 3.90. The normalized spacial score (nSPS) is 10.4. The Kier molecular flexibility index (Phi) is 5.21. The van der Waals surface area contributed by atoms with E-state index >= 15 is 0 Å². The first-order valence-electron chi connectivity index (χ1n) is 7.74. The highest BCUT2D eigenvalue weighted by Gasteiger charge is 2.16. The summed E-state index contributed by atoms with van der Waals surface area (Å²) in [4.78, 5) is 16.6. The third-order valence-corrected chi connectivity index (χ3v) is 3.90. The van der Waals surface area contributed by atoms with E-state index in [0.717, 1.165) is 35.5 Å². The summed E-state index contributed by atoms with van der Waals surface area (Å²) in [7, 11) is 4.04. The molecule has 2 rings (SSSR count). The minimum atomic E-state index is 0.0947. The largest absolute Gasteiger partial charge is 0.378 e. The van der Waals surface area contributed by atoms with Crippen molar-refractivity contribution in [1.82, 2.24) is 4.90 Å². The van der Waals surface area contributed by atoms with Gasteiger partial charge in [-0.3, -0.25) is 4.79 Å². The summed E-state index contributed by atoms with van der Waals surface area (Å²) in [6, 6.07) is 16.1. The number of carbonyl (C=O) groups excluding carboxylic acids is 1. The SMILES string of the molecule is CCN(CC)C(=O)c1ccccc1-c1ccc(N(C)C)cc1. The van der Waals surface area contributed by atoms with Crippen molar-refractivity contribution in [1.29, 1.82) is 0 Å². The smallest absolute Gasteiger partial charge is 0.254 e. The van der Waals surface area contributed by atoms with Gasteiger partial charge in [0.2, 0.25) is 0 Å². The second-order valence-corrected chi connectivity index (χ2v) is 5.46. The first-order valence-corrected chi connectivity index (χ1v) is 7.74. The Morgan fingerprint density at radius 1 is 0.909 bits per heavy atom. The van der Waals surface area contributed by atoms with E-state index in [2.05, 4.69) is 29.2 Å². The van der Waals surface area contributed by atoms with Crippen molar-refractivity contribution in [3.63, 3.8) is 0 Å². The van der Waals surface area contributed by atoms with Gasteiger partial charge in [-0.05, 0) is 43.2 Å². The summed E-state index contributed by atoms with van der Waals surface area (Å²) in [6.45, 7) is 5.47. The Labute approximate surface area is 133 Å². The standard InChI is InChI=1S/C19H24N2O/c1-5-21(6-2)19(22)18-10-8-7-9-17(18)15-11-13-16(14-12-15)20(3)4/h7-14H,5-6H2,1-4H3. The van der Waals surface area contributed by atoms with E-state index in [4.69, 9.17) is 0 Å². The molecule has 0 unspecified atom stereocenters. The van der Waals surface area contributed by atoms with Gasteiger partial charge in [-0.1, -0.05) is 30.3 Å². The van der Waals surface area contributed by atoms with E-state index < -0.39 is 0 Å². The molecule has 22 heavy (non-hydrogen) atoms. The average Bonchev–Trinajstić information content (AvgIpc) is 2.56. The molecule has 2 aromatic carbocycles. The van der Waals surface area contributed by atoms with Crippen molar-refractivity contribution in [3.8, 4) is 11.1 Å². The highest BCUT2D eigenvalue weighted by molar-refractivity contribution is 6.00. The Morgan fingerprint density at radius 2 is 1.50 bits per heavy atom. The summed E-state index contributed by atoms with van der Waals surface area (Å²) in [5.41, 5.74) is 3.98. The zero-order chi connectivity index (χ0) is 16.1. The molecule has 0 fully saturated rings. The molecule has 0 N–H and O–H groups in total. The molecule has 0 saturated heterocycles. The Bertz CT molecular complexity index is 628. The quantitative estimate of drug-likeness (QED) is 0.835. The Hall–Kier alpha value is -2.29. The van der Waals surface area contributed by atoms with Crippen LogP contribution in [0.5, 0.6) is 0 Å². The molecular formula is C19H24N2O. The van der Waals surface area contributed by atoms with Gasteiger partial charge in [-0.2, -0.15) is 0 Å². The minimum Gasteiger partial charge on any atom is -0.378 e. The van der Waals surface area contributed by atoms with Crippen LogP contribution < -0.4 is 4.90 Å². The van der Waals surface area contributed by atoms with Crippen LogP contribution in [0.25, 0.3) is 11.1 Å². The van der Waals surface area contributed by atoms with Gasteiger partial charge < -0.3 is 9.80 Å². The predicted octanol–water partition coefficient (Wildman–Crippen LogP) is 3.90. The fraction of sp³-hybridized carbons (Fsp3) is 0.316. The van der Waals surface area contributed by atoms with Crippen molar-refractivity contribution < 1.29 is 4.79 Å². The van der Waals surface area contributed by atoms with Gasteiger partial charge >= 0.3 is 0 Å². The molecule has 3 nitrogen and oxygen atoms in total. The molecular weight excluding hydrogens is 272 g/mol. The molecule has 116 valence electrons. The van der Waals surface area contributed by atoms with Crippen LogP contribution in [0.1, 0.15) is 24.2 Å². The predicted molar refractivity (Wildman–Crippen MR) is 93.5 cm³/mol. The van der Waals surface area contributed by atoms with Gasteiger partial charge in [0.25, 0.3) is 5.91 Å². The zero-order valence-electron chi connectivity index (χ0n) is 13.8. The highest BCUT2D eigenvalue weighted by Crippen LogP contribution is 2.26. The van der Waals surface area contributed by atoms with Crippen LogP contribution in [0.2, 0.25) is 0 Å². The van der Waals surface area contributed by atoms with Gasteiger partial charge in [-0.15, -0.1) is 0 Å². The summed E-state index contributed by atoms with van der Waals surface area (Å²) in [6.07, 6.45) is 0. The molecule has 0 aliphatic heterocycles. The molecule has 0 heterocycles. The number of anilines is 1. The summed E-state index contributed by atoms with van der Waals surface area (Å²) in [5.74, 6) is 0.0947. The van der Waals surface area contributed by atoms with Crippen LogP contribution in [0, 0.1) is 0 Å². The second-order valence-electron chi connectivity index (χ2n) is 5.46. The fourth-order valence-electron chi connectivity index (χ4n) is 2.54. The molecule has 0 atom stereocenters. The van der Waals surface area contributed by atoms with Crippen molar-refractivity contribution in [2.24, 2.45) is 0 Å². The highest BCUT2D eigenvalue weighted by atomic mass is 16.2. The van der Waals surface area contributed by atoms with Crippen LogP contribution in [0.4, 0.5) is 5.69 Å². The number of hydrogen-bond acceptors (Lipinski definition) is 2. The van der Waals surface area contributed by atoms with Crippen LogP contribution in [-0.4, -0.2) is 38.0 Å². The van der Waals surface area contributed by atoms with Crippen LogP contribution in [0.15, 0.2) is 48.5 Å². The van der Waals surface area contributed by atoms with Gasteiger partial charge in [-0.25, -0.2) is 0 Å². The third kappa shape index (κ3) is 3.30. The maximum atomic E-state index is 12.7. The number of carbonyl (C=O) groups is 1. The average molecular weight is 296 g/mol. The number of hydrogen-bond donors (Lipinski definition) is 0. The maximum absolute atomic E-state index is 12.7. The first-order chi connectivity index (χ1) is 10.6. The Balaban J connectivity index is 2.42. The Morgan fingerprint density at radius 3 is 2.05 bits per heavy atom. The van der Waals surface area contributed by atoms with E-state index in [1.54, 1.807) is 0 Å². The summed E-state index contributed by atoms with van der Waals surface area (Å²) >= 11 is 0. The molecule has 2 aromatic rings. The lowest BCUT2D eigenvalue weighted by Crippen LogP contribution is -2.30. The van der Waals surface area contributed by atoms with Crippen LogP contribution in [0.3, 0.4) is 0 Å². The van der Waals surface area contributed by atoms with Gasteiger partial charge in [0.15, 0.2) is 0 Å². The van der Waals surface area contributed by atoms with Crippen molar-refractivity contribution in [3.05, 3.63) is 54.1 Å². The monoisotopic (exact) mass is 296 g/mol. The molecule has 0 bridgehead atoms. The van der Waals surface area contributed by atoms with E-state index in [0.29, 0.717) is 0 Å². The van der Waals surface area contributed by atoms with Gasteiger partial charge in [0, 0.05) is 38.4 Å². The van der Waals surface area contributed by atoms with E-state index in [1.165, 1.54) is 0 Å². The molecule has 0 aliphatic carbocycles. The number of benzene rings is 2.